The topological polar surface area (TPSA) is 62.5 Å². The van der Waals surface area contributed by atoms with E-state index in [0.29, 0.717) is 12.3 Å². The van der Waals surface area contributed by atoms with Gasteiger partial charge in [-0.05, 0) is 23.9 Å². The molecule has 17 heavy (non-hydrogen) atoms. The van der Waals surface area contributed by atoms with Crippen LogP contribution in [-0.2, 0) is 13.0 Å². The molecule has 0 aromatic carbocycles. The Kier molecular flexibility index (Phi) is 3.95. The van der Waals surface area contributed by atoms with Crippen molar-refractivity contribution in [1.29, 1.82) is 0 Å². The van der Waals surface area contributed by atoms with Gasteiger partial charge in [-0.15, -0.1) is 11.3 Å². The molecule has 2 heterocycles. The summed E-state index contributed by atoms with van der Waals surface area (Å²) in [5.41, 5.74) is 0.230. The van der Waals surface area contributed by atoms with Crippen LogP contribution >= 0.6 is 11.3 Å². The van der Waals surface area contributed by atoms with Crippen LogP contribution in [0.1, 0.15) is 21.0 Å². The molecule has 0 unspecified atom stereocenters. The SMILES string of the molecule is O=C(O)c1ccoc1CNCCc1cccs1. The number of hydrogen-bond donors (Lipinski definition) is 2. The molecule has 0 saturated heterocycles. The molecule has 0 saturated carbocycles. The maximum Gasteiger partial charge on any atom is 0.339 e. The minimum absolute atomic E-state index is 0.230. The van der Waals surface area contributed by atoms with Gasteiger partial charge < -0.3 is 14.8 Å². The molecule has 0 fully saturated rings. The van der Waals surface area contributed by atoms with E-state index in [2.05, 4.69) is 11.4 Å². The van der Waals surface area contributed by atoms with E-state index < -0.39 is 5.97 Å². The second-order valence-electron chi connectivity index (χ2n) is 3.57. The van der Waals surface area contributed by atoms with Crippen molar-refractivity contribution in [3.8, 4) is 0 Å². The van der Waals surface area contributed by atoms with Crippen molar-refractivity contribution in [2.75, 3.05) is 6.54 Å². The van der Waals surface area contributed by atoms with Crippen LogP contribution in [0.4, 0.5) is 0 Å². The molecular formula is C12H13NO3S. The Morgan fingerprint density at radius 2 is 2.35 bits per heavy atom. The number of carboxylic acids is 1. The van der Waals surface area contributed by atoms with Gasteiger partial charge in [0.25, 0.3) is 0 Å². The Morgan fingerprint density at radius 3 is 3.06 bits per heavy atom. The first-order valence-corrected chi connectivity index (χ1v) is 6.18. The molecule has 2 N–H and O–H groups in total. The van der Waals surface area contributed by atoms with Crippen LogP contribution in [0.25, 0.3) is 0 Å². The molecule has 0 spiro atoms. The molecule has 0 atom stereocenters. The Bertz CT molecular complexity index is 476. The molecule has 0 aliphatic heterocycles. The monoisotopic (exact) mass is 251 g/mol. The highest BCUT2D eigenvalue weighted by Gasteiger charge is 2.12. The predicted molar refractivity (Wildman–Crippen MR) is 65.4 cm³/mol. The molecule has 2 rings (SSSR count). The Balaban J connectivity index is 1.78. The Hall–Kier alpha value is -1.59. The highest BCUT2D eigenvalue weighted by atomic mass is 32.1. The third-order valence-corrected chi connectivity index (χ3v) is 3.33. The van der Waals surface area contributed by atoms with E-state index in [1.54, 1.807) is 11.3 Å². The van der Waals surface area contributed by atoms with Crippen LogP contribution in [0, 0.1) is 0 Å². The zero-order valence-electron chi connectivity index (χ0n) is 9.18. The zero-order valence-corrected chi connectivity index (χ0v) is 10.00. The second-order valence-corrected chi connectivity index (χ2v) is 4.60. The molecule has 0 radical (unpaired) electrons. The van der Waals surface area contributed by atoms with Crippen LogP contribution in [0.3, 0.4) is 0 Å². The smallest absolute Gasteiger partial charge is 0.339 e. The van der Waals surface area contributed by atoms with E-state index >= 15 is 0 Å². The van der Waals surface area contributed by atoms with Crippen molar-refractivity contribution in [2.24, 2.45) is 0 Å². The lowest BCUT2D eigenvalue weighted by Gasteiger charge is -2.02. The summed E-state index contributed by atoms with van der Waals surface area (Å²) in [6.45, 7) is 1.25. The summed E-state index contributed by atoms with van der Waals surface area (Å²) in [5, 5.41) is 14.1. The molecule has 4 nitrogen and oxygen atoms in total. The third kappa shape index (κ3) is 3.18. The van der Waals surface area contributed by atoms with Crippen molar-refractivity contribution in [2.45, 2.75) is 13.0 Å². The van der Waals surface area contributed by atoms with Crippen molar-refractivity contribution >= 4 is 17.3 Å². The van der Waals surface area contributed by atoms with Crippen LogP contribution in [0.2, 0.25) is 0 Å². The van der Waals surface area contributed by atoms with Gasteiger partial charge in [-0.3, -0.25) is 0 Å². The molecule has 5 heteroatoms. The molecule has 2 aromatic rings. The summed E-state index contributed by atoms with van der Waals surface area (Å²) in [6.07, 6.45) is 2.35. The van der Waals surface area contributed by atoms with E-state index in [4.69, 9.17) is 9.52 Å². The summed E-state index contributed by atoms with van der Waals surface area (Å²) < 4.78 is 5.12. The molecule has 2 aromatic heterocycles. The largest absolute Gasteiger partial charge is 0.478 e. The van der Waals surface area contributed by atoms with Crippen LogP contribution in [0.15, 0.2) is 34.3 Å². The van der Waals surface area contributed by atoms with Gasteiger partial charge in [0.05, 0.1) is 12.8 Å². The van der Waals surface area contributed by atoms with Crippen molar-refractivity contribution < 1.29 is 14.3 Å². The zero-order chi connectivity index (χ0) is 12.1. The number of hydrogen-bond acceptors (Lipinski definition) is 4. The lowest BCUT2D eigenvalue weighted by molar-refractivity contribution is 0.0694. The molecular weight excluding hydrogens is 238 g/mol. The fourth-order valence-corrected chi connectivity index (χ4v) is 2.25. The number of nitrogens with one attached hydrogen (secondary N) is 1. The van der Waals surface area contributed by atoms with Gasteiger partial charge in [-0.25, -0.2) is 4.79 Å². The highest BCUT2D eigenvalue weighted by Crippen LogP contribution is 2.11. The first-order valence-electron chi connectivity index (χ1n) is 5.30. The van der Waals surface area contributed by atoms with E-state index in [-0.39, 0.29) is 5.56 Å². The van der Waals surface area contributed by atoms with E-state index in [9.17, 15) is 4.79 Å². The summed E-state index contributed by atoms with van der Waals surface area (Å²) in [4.78, 5) is 12.1. The quantitative estimate of drug-likeness (QED) is 0.774. The third-order valence-electron chi connectivity index (χ3n) is 2.39. The van der Waals surface area contributed by atoms with Crippen molar-refractivity contribution in [3.05, 3.63) is 46.0 Å². The fourth-order valence-electron chi connectivity index (χ4n) is 1.54. The maximum absolute atomic E-state index is 10.8. The van der Waals surface area contributed by atoms with Crippen LogP contribution < -0.4 is 5.32 Å². The minimum Gasteiger partial charge on any atom is -0.478 e. The summed E-state index contributed by atoms with van der Waals surface area (Å²) >= 11 is 1.72. The number of rotatable bonds is 6. The number of carboxylic acid groups (broad SMARTS) is 1. The summed E-state index contributed by atoms with van der Waals surface area (Å²) in [5.74, 6) is -0.475. The predicted octanol–water partition coefficient (Wildman–Crippen LogP) is 2.37. The summed E-state index contributed by atoms with van der Waals surface area (Å²) in [6, 6.07) is 5.58. The molecule has 0 amide bonds. The Labute approximate surface area is 103 Å². The van der Waals surface area contributed by atoms with Gasteiger partial charge >= 0.3 is 5.97 Å². The number of furan rings is 1. The van der Waals surface area contributed by atoms with Crippen LogP contribution in [-0.4, -0.2) is 17.6 Å². The first kappa shape index (κ1) is 11.9. The Morgan fingerprint density at radius 1 is 1.47 bits per heavy atom. The van der Waals surface area contributed by atoms with Gasteiger partial charge in [0.2, 0.25) is 0 Å². The van der Waals surface area contributed by atoms with Gasteiger partial charge in [-0.1, -0.05) is 6.07 Å². The average Bonchev–Trinajstić information content (AvgIpc) is 2.95. The maximum atomic E-state index is 10.8. The van der Waals surface area contributed by atoms with Crippen molar-refractivity contribution in [1.82, 2.24) is 5.32 Å². The second kappa shape index (κ2) is 5.65. The van der Waals surface area contributed by atoms with Gasteiger partial charge in [-0.2, -0.15) is 0 Å². The minimum atomic E-state index is -0.950. The first-order chi connectivity index (χ1) is 8.27. The highest BCUT2D eigenvalue weighted by molar-refractivity contribution is 7.09. The molecule has 0 bridgehead atoms. The lowest BCUT2D eigenvalue weighted by Crippen LogP contribution is -2.17. The van der Waals surface area contributed by atoms with Gasteiger partial charge in [0, 0.05) is 11.4 Å². The lowest BCUT2D eigenvalue weighted by atomic mass is 10.2. The number of thiophene rings is 1. The normalized spacial score (nSPS) is 10.6. The molecule has 90 valence electrons. The van der Waals surface area contributed by atoms with E-state index in [1.165, 1.54) is 17.2 Å². The summed E-state index contributed by atoms with van der Waals surface area (Å²) in [7, 11) is 0. The van der Waals surface area contributed by atoms with Crippen molar-refractivity contribution in [3.63, 3.8) is 0 Å². The fraction of sp³-hybridized carbons (Fsp3) is 0.250. The number of carbonyl (C=O) groups is 1. The average molecular weight is 251 g/mol. The van der Waals surface area contributed by atoms with Gasteiger partial charge in [0.1, 0.15) is 11.3 Å². The van der Waals surface area contributed by atoms with E-state index in [0.717, 1.165) is 13.0 Å². The van der Waals surface area contributed by atoms with E-state index in [1.807, 2.05) is 11.4 Å². The van der Waals surface area contributed by atoms with Gasteiger partial charge in [0.15, 0.2) is 0 Å². The molecule has 0 aliphatic carbocycles. The standard InChI is InChI=1S/C12H13NO3S/c14-12(15)10-4-6-16-11(10)8-13-5-3-9-2-1-7-17-9/h1-2,4,6-7,13H,3,5,8H2,(H,14,15). The molecule has 0 aliphatic rings. The van der Waals surface area contributed by atoms with Crippen LogP contribution in [0.5, 0.6) is 0 Å². The number of aromatic carboxylic acids is 1.